The fourth-order valence-corrected chi connectivity index (χ4v) is 3.90. The van der Waals surface area contributed by atoms with Crippen molar-refractivity contribution in [2.75, 3.05) is 37.2 Å². The smallest absolute Gasteiger partial charge is 0.167 e. The van der Waals surface area contributed by atoms with Crippen LogP contribution in [0.3, 0.4) is 0 Å². The third-order valence-electron chi connectivity index (χ3n) is 4.57. The van der Waals surface area contributed by atoms with Gasteiger partial charge in [-0.25, -0.2) is 14.2 Å². The number of hydrogen-bond donors (Lipinski definition) is 0. The monoisotopic (exact) mass is 385 g/mol. The van der Waals surface area contributed by atoms with E-state index in [0.717, 1.165) is 35.6 Å². The molecule has 1 aromatic heterocycles. The Kier molecular flexibility index (Phi) is 4.69. The van der Waals surface area contributed by atoms with Crippen molar-refractivity contribution in [3.8, 4) is 11.4 Å². The second-order valence-electron chi connectivity index (χ2n) is 7.13. The lowest BCUT2D eigenvalue weighted by molar-refractivity contribution is 0.0985. The molecule has 7 nitrogen and oxygen atoms in total. The Balaban J connectivity index is 1.88. The second kappa shape index (κ2) is 7.01. The molecule has 0 saturated carbocycles. The van der Waals surface area contributed by atoms with Gasteiger partial charge in [0.15, 0.2) is 11.6 Å². The van der Waals surface area contributed by atoms with E-state index in [-0.39, 0.29) is 6.04 Å². The number of ether oxygens (including phenoxy) is 1. The van der Waals surface area contributed by atoms with Gasteiger partial charge in [-0.15, -0.1) is 0 Å². The highest BCUT2D eigenvalue weighted by molar-refractivity contribution is 7.92. The normalized spacial score (nSPS) is 19.2. The maximum absolute atomic E-state index is 12.3. The van der Waals surface area contributed by atoms with Gasteiger partial charge in [0.2, 0.25) is 0 Å². The molecule has 3 heterocycles. The second-order valence-corrected chi connectivity index (χ2v) is 9.67. The molecule has 142 valence electrons. The maximum Gasteiger partial charge on any atom is 0.167 e. The molecule has 8 heteroatoms. The van der Waals surface area contributed by atoms with Gasteiger partial charge < -0.3 is 9.64 Å². The van der Waals surface area contributed by atoms with Crippen LogP contribution in [0.5, 0.6) is 0 Å². The molecule has 1 saturated heterocycles. The molecule has 0 unspecified atom stereocenters. The van der Waals surface area contributed by atoms with Gasteiger partial charge in [-0.3, -0.25) is 4.99 Å². The standard InChI is InChI=1S/C19H23N5O2S/c1-13-12-26-10-9-24(13)17-11-16(23-27(2,3)25)21-19(22-17)15-6-4-5-14-7-8-20-18(14)15/h4-6,8,11,13H,7,9-10,12H2,1-3H3/t13-/m1/s1. The number of hydrogen-bond acceptors (Lipinski definition) is 7. The van der Waals surface area contributed by atoms with Crippen molar-refractivity contribution < 1.29 is 8.95 Å². The van der Waals surface area contributed by atoms with E-state index in [9.17, 15) is 4.21 Å². The van der Waals surface area contributed by atoms with Gasteiger partial charge in [0.05, 0.1) is 24.9 Å². The zero-order valence-corrected chi connectivity index (χ0v) is 16.6. The molecule has 2 aliphatic rings. The number of anilines is 1. The molecule has 1 fully saturated rings. The molecule has 0 spiro atoms. The van der Waals surface area contributed by atoms with Crippen LogP contribution in [0.15, 0.2) is 33.6 Å². The van der Waals surface area contributed by atoms with Crippen LogP contribution < -0.4 is 4.90 Å². The lowest BCUT2D eigenvalue weighted by Gasteiger charge is -2.34. The van der Waals surface area contributed by atoms with Gasteiger partial charge >= 0.3 is 0 Å². The van der Waals surface area contributed by atoms with Crippen LogP contribution in [-0.2, 0) is 20.9 Å². The van der Waals surface area contributed by atoms with Crippen LogP contribution in [-0.4, -0.2) is 58.7 Å². The van der Waals surface area contributed by atoms with Gasteiger partial charge in [0, 0.05) is 53.1 Å². The zero-order chi connectivity index (χ0) is 19.0. The minimum Gasteiger partial charge on any atom is -0.377 e. The maximum atomic E-state index is 12.3. The summed E-state index contributed by atoms with van der Waals surface area (Å²) in [5.74, 6) is 1.77. The third kappa shape index (κ3) is 3.86. The van der Waals surface area contributed by atoms with Crippen LogP contribution in [0.1, 0.15) is 12.5 Å². The number of aromatic nitrogens is 2. The molecule has 2 aliphatic heterocycles. The summed E-state index contributed by atoms with van der Waals surface area (Å²) in [4.78, 5) is 16.1. The fraction of sp³-hybridized carbons (Fsp3) is 0.421. The molecular weight excluding hydrogens is 362 g/mol. The number of morpholine rings is 1. The number of nitrogens with zero attached hydrogens (tertiary/aromatic N) is 5. The highest BCUT2D eigenvalue weighted by atomic mass is 32.2. The Bertz CT molecular complexity index is 1020. The first-order valence-electron chi connectivity index (χ1n) is 8.96. The van der Waals surface area contributed by atoms with E-state index in [1.807, 2.05) is 24.4 Å². The summed E-state index contributed by atoms with van der Waals surface area (Å²) in [6, 6.07) is 8.04. The van der Waals surface area contributed by atoms with E-state index in [2.05, 4.69) is 32.2 Å². The van der Waals surface area contributed by atoms with Crippen LogP contribution in [0.25, 0.3) is 11.4 Å². The van der Waals surface area contributed by atoms with E-state index in [4.69, 9.17) is 9.72 Å². The van der Waals surface area contributed by atoms with E-state index >= 15 is 0 Å². The molecule has 0 bridgehead atoms. The predicted molar refractivity (Wildman–Crippen MR) is 109 cm³/mol. The molecular formula is C19H23N5O2S. The molecule has 0 amide bonds. The van der Waals surface area contributed by atoms with Crippen molar-refractivity contribution >= 4 is 33.3 Å². The van der Waals surface area contributed by atoms with Gasteiger partial charge in [0.25, 0.3) is 0 Å². The summed E-state index contributed by atoms with van der Waals surface area (Å²) in [7, 11) is -2.34. The lowest BCUT2D eigenvalue weighted by atomic mass is 10.1. The molecule has 4 rings (SSSR count). The largest absolute Gasteiger partial charge is 0.377 e. The summed E-state index contributed by atoms with van der Waals surface area (Å²) in [6.07, 6.45) is 5.93. The van der Waals surface area contributed by atoms with Crippen LogP contribution in [0.2, 0.25) is 0 Å². The van der Waals surface area contributed by atoms with Gasteiger partial charge in [-0.1, -0.05) is 12.1 Å². The summed E-state index contributed by atoms with van der Waals surface area (Å²) in [5, 5.41) is 0. The first-order chi connectivity index (χ1) is 12.9. The summed E-state index contributed by atoms with van der Waals surface area (Å²) >= 11 is 0. The quantitative estimate of drug-likeness (QED) is 0.811. The average Bonchev–Trinajstić information content (AvgIpc) is 3.09. The first-order valence-corrected chi connectivity index (χ1v) is 11.3. The van der Waals surface area contributed by atoms with Gasteiger partial charge in [0.1, 0.15) is 5.82 Å². The van der Waals surface area contributed by atoms with Crippen molar-refractivity contribution in [1.29, 1.82) is 0 Å². The molecule has 1 atom stereocenters. The number of benzene rings is 1. The minimum absolute atomic E-state index is 0.196. The van der Waals surface area contributed by atoms with Crippen LogP contribution >= 0.6 is 0 Å². The highest BCUT2D eigenvalue weighted by Gasteiger charge is 2.23. The number of aliphatic imine (C=N–C) groups is 1. The third-order valence-corrected chi connectivity index (χ3v) is 5.19. The SMILES string of the molecule is C[C@@H]1COCCN1c1cc(N=S(C)(C)=O)nc(-c2cccc3c2N=CC3)n1. The average molecular weight is 385 g/mol. The number of fused-ring (bicyclic) bond motifs is 1. The van der Waals surface area contributed by atoms with Crippen molar-refractivity contribution in [1.82, 2.24) is 9.97 Å². The fourth-order valence-electron chi connectivity index (χ4n) is 3.35. The molecule has 0 N–H and O–H groups in total. The topological polar surface area (TPSA) is 80.0 Å². The number of rotatable bonds is 3. The summed E-state index contributed by atoms with van der Waals surface area (Å²) in [5.41, 5.74) is 2.94. The minimum atomic E-state index is -2.34. The number of para-hydroxylation sites is 1. The van der Waals surface area contributed by atoms with Crippen molar-refractivity contribution in [3.05, 3.63) is 29.8 Å². The molecule has 1 aromatic carbocycles. The van der Waals surface area contributed by atoms with E-state index in [1.165, 1.54) is 0 Å². The highest BCUT2D eigenvalue weighted by Crippen LogP contribution is 2.36. The van der Waals surface area contributed by atoms with Crippen molar-refractivity contribution in [2.45, 2.75) is 19.4 Å². The Morgan fingerprint density at radius 1 is 1.30 bits per heavy atom. The molecule has 27 heavy (non-hydrogen) atoms. The van der Waals surface area contributed by atoms with Crippen LogP contribution in [0.4, 0.5) is 17.3 Å². The summed E-state index contributed by atoms with van der Waals surface area (Å²) < 4.78 is 22.1. The van der Waals surface area contributed by atoms with Crippen LogP contribution in [0, 0.1) is 0 Å². The Labute approximate surface area is 159 Å². The molecule has 2 aromatic rings. The van der Waals surface area contributed by atoms with Crippen molar-refractivity contribution in [3.63, 3.8) is 0 Å². The van der Waals surface area contributed by atoms with E-state index in [1.54, 1.807) is 12.5 Å². The Morgan fingerprint density at radius 3 is 2.93 bits per heavy atom. The lowest BCUT2D eigenvalue weighted by Crippen LogP contribution is -2.44. The van der Waals surface area contributed by atoms with Crippen molar-refractivity contribution in [2.24, 2.45) is 9.36 Å². The van der Waals surface area contributed by atoms with E-state index < -0.39 is 9.73 Å². The predicted octanol–water partition coefficient (Wildman–Crippen LogP) is 2.99. The Morgan fingerprint density at radius 2 is 2.15 bits per heavy atom. The summed E-state index contributed by atoms with van der Waals surface area (Å²) in [6.45, 7) is 4.15. The first kappa shape index (κ1) is 18.1. The molecule has 0 radical (unpaired) electrons. The zero-order valence-electron chi connectivity index (χ0n) is 15.8. The molecule has 0 aliphatic carbocycles. The van der Waals surface area contributed by atoms with Gasteiger partial charge in [-0.2, -0.15) is 4.36 Å². The van der Waals surface area contributed by atoms with E-state index in [0.29, 0.717) is 24.9 Å². The van der Waals surface area contributed by atoms with Gasteiger partial charge in [-0.05, 0) is 18.6 Å². The Hall–Kier alpha value is -2.32.